The van der Waals surface area contributed by atoms with Crippen LogP contribution in [-0.4, -0.2) is 28.9 Å². The van der Waals surface area contributed by atoms with Gasteiger partial charge in [-0.25, -0.2) is 0 Å². The average molecular weight is 142 g/mol. The summed E-state index contributed by atoms with van der Waals surface area (Å²) in [5.74, 6) is -1.36. The Hall–Kier alpha value is 0.390. The molecule has 0 fully saturated rings. The van der Waals surface area contributed by atoms with E-state index in [2.05, 4.69) is 0 Å². The molecule has 0 heterocycles. The fourth-order valence-electron chi connectivity index (χ4n) is 0.257. The third-order valence-electron chi connectivity index (χ3n) is 0.613. The summed E-state index contributed by atoms with van der Waals surface area (Å²) in [4.78, 5) is 9.59. The number of carboxylic acids is 1. The van der Waals surface area contributed by atoms with Gasteiger partial charge in [0.15, 0.2) is 0 Å². The van der Waals surface area contributed by atoms with Crippen LogP contribution in [0, 0.1) is 0 Å². The third kappa shape index (κ3) is 8.39. The summed E-state index contributed by atoms with van der Waals surface area (Å²) in [6, 6.07) is 0. The quantitative estimate of drug-likeness (QED) is 0.385. The number of aliphatic hydroxyl groups excluding tert-OH is 2. The Morgan fingerprint density at radius 1 is 1.67 bits per heavy atom. The molecule has 2 N–H and O–H groups in total. The van der Waals surface area contributed by atoms with Crippen molar-refractivity contribution in [1.82, 2.24) is 0 Å². The first kappa shape index (κ1) is 12.1. The van der Waals surface area contributed by atoms with Crippen LogP contribution in [0.5, 0.6) is 0 Å². The van der Waals surface area contributed by atoms with Crippen molar-refractivity contribution in [2.45, 2.75) is 12.5 Å². The summed E-state index contributed by atoms with van der Waals surface area (Å²) in [7, 11) is 0. The molecular formula is C4H7NaO4. The van der Waals surface area contributed by atoms with Crippen molar-refractivity contribution in [3.63, 3.8) is 0 Å². The van der Waals surface area contributed by atoms with Gasteiger partial charge < -0.3 is 20.1 Å². The van der Waals surface area contributed by atoms with Crippen LogP contribution in [0.4, 0.5) is 0 Å². The molecule has 48 valence electrons. The first-order valence-corrected chi connectivity index (χ1v) is 2.15. The van der Waals surface area contributed by atoms with Gasteiger partial charge >= 0.3 is 29.6 Å². The monoisotopic (exact) mass is 142 g/mol. The molecule has 0 spiro atoms. The van der Waals surface area contributed by atoms with E-state index in [0.717, 1.165) is 0 Å². The van der Waals surface area contributed by atoms with E-state index >= 15 is 0 Å². The fourth-order valence-corrected chi connectivity index (χ4v) is 0.257. The van der Waals surface area contributed by atoms with Crippen LogP contribution in [0.1, 0.15) is 6.42 Å². The van der Waals surface area contributed by atoms with Gasteiger partial charge in [-0.3, -0.25) is 0 Å². The maximum Gasteiger partial charge on any atom is 1.00 e. The van der Waals surface area contributed by atoms with Gasteiger partial charge in [0.1, 0.15) is 0 Å². The van der Waals surface area contributed by atoms with Gasteiger partial charge in [-0.2, -0.15) is 0 Å². The number of aliphatic hydroxyl groups is 2. The Morgan fingerprint density at radius 2 is 2.11 bits per heavy atom. The molecule has 0 aromatic carbocycles. The van der Waals surface area contributed by atoms with E-state index in [0.29, 0.717) is 0 Å². The molecule has 0 aliphatic heterocycles. The maximum atomic E-state index is 9.59. The van der Waals surface area contributed by atoms with Crippen LogP contribution >= 0.6 is 0 Å². The van der Waals surface area contributed by atoms with E-state index in [1.54, 1.807) is 0 Å². The first-order chi connectivity index (χ1) is 3.66. The average Bonchev–Trinajstić information content (AvgIpc) is 1.65. The van der Waals surface area contributed by atoms with E-state index in [1.807, 2.05) is 0 Å². The Morgan fingerprint density at radius 3 is 2.22 bits per heavy atom. The van der Waals surface area contributed by atoms with E-state index in [4.69, 9.17) is 10.2 Å². The molecule has 9 heavy (non-hydrogen) atoms. The Bertz CT molecular complexity index is 84.6. The van der Waals surface area contributed by atoms with Crippen molar-refractivity contribution < 1.29 is 49.7 Å². The molecule has 0 aliphatic carbocycles. The van der Waals surface area contributed by atoms with Gasteiger partial charge in [0.2, 0.25) is 0 Å². The van der Waals surface area contributed by atoms with Crippen molar-refractivity contribution >= 4 is 5.97 Å². The Labute approximate surface area is 74.8 Å². The minimum atomic E-state index is -1.36. The van der Waals surface area contributed by atoms with Crippen LogP contribution in [0.3, 0.4) is 0 Å². The van der Waals surface area contributed by atoms with Crippen molar-refractivity contribution in [1.29, 1.82) is 0 Å². The minimum Gasteiger partial charge on any atom is -0.550 e. The second-order valence-corrected chi connectivity index (χ2v) is 1.41. The minimum absolute atomic E-state index is 0. The summed E-state index contributed by atoms with van der Waals surface area (Å²) in [6.45, 7) is -0.534. The summed E-state index contributed by atoms with van der Waals surface area (Å²) >= 11 is 0. The molecule has 0 bridgehead atoms. The van der Waals surface area contributed by atoms with Crippen LogP contribution in [-0.2, 0) is 4.79 Å². The molecule has 5 heteroatoms. The topological polar surface area (TPSA) is 80.6 Å². The molecule has 0 aliphatic rings. The number of carbonyl (C=O) groups is 1. The normalized spacial score (nSPS) is 11.8. The van der Waals surface area contributed by atoms with Crippen molar-refractivity contribution in [3.8, 4) is 0 Å². The van der Waals surface area contributed by atoms with Crippen LogP contribution in [0.25, 0.3) is 0 Å². The van der Waals surface area contributed by atoms with Crippen molar-refractivity contribution in [2.24, 2.45) is 0 Å². The molecule has 0 saturated carbocycles. The van der Waals surface area contributed by atoms with Gasteiger partial charge in [-0.1, -0.05) is 0 Å². The number of hydrogen-bond acceptors (Lipinski definition) is 4. The summed E-state index contributed by atoms with van der Waals surface area (Å²) in [5, 5.41) is 26.0. The van der Waals surface area contributed by atoms with E-state index < -0.39 is 25.1 Å². The Balaban J connectivity index is 0. The SMILES string of the molecule is O=C([O-])C[C@H](O)CO.[Na+]. The molecule has 0 radical (unpaired) electrons. The summed E-state index contributed by atoms with van der Waals surface area (Å²) in [6.07, 6.45) is -1.68. The number of carboxylic acid groups (broad SMARTS) is 1. The number of carbonyl (C=O) groups excluding carboxylic acids is 1. The molecular weight excluding hydrogens is 135 g/mol. The fraction of sp³-hybridized carbons (Fsp3) is 0.750. The number of hydrogen-bond donors (Lipinski definition) is 2. The molecule has 4 nitrogen and oxygen atoms in total. The van der Waals surface area contributed by atoms with E-state index in [9.17, 15) is 9.90 Å². The molecule has 1 atom stereocenters. The van der Waals surface area contributed by atoms with Gasteiger partial charge in [0, 0.05) is 12.4 Å². The Kier molecular flexibility index (Phi) is 8.75. The zero-order valence-electron chi connectivity index (χ0n) is 5.20. The maximum absolute atomic E-state index is 9.59. The van der Waals surface area contributed by atoms with Gasteiger partial charge in [-0.05, 0) is 0 Å². The number of aliphatic carboxylic acids is 1. The summed E-state index contributed by atoms with van der Waals surface area (Å²) in [5.41, 5.74) is 0. The molecule has 0 aromatic rings. The smallest absolute Gasteiger partial charge is 0.550 e. The molecule has 0 aromatic heterocycles. The van der Waals surface area contributed by atoms with Crippen LogP contribution in [0.2, 0.25) is 0 Å². The molecule has 0 saturated heterocycles. The predicted octanol–water partition coefficient (Wildman–Crippen LogP) is -5.52. The zero-order chi connectivity index (χ0) is 6.57. The molecule has 0 amide bonds. The number of rotatable bonds is 3. The second kappa shape index (κ2) is 6.51. The predicted molar refractivity (Wildman–Crippen MR) is 22.7 cm³/mol. The molecule has 0 unspecified atom stereocenters. The largest absolute Gasteiger partial charge is 1.00 e. The van der Waals surface area contributed by atoms with Gasteiger partial charge in [0.25, 0.3) is 0 Å². The standard InChI is InChI=1S/C4H8O4.Na/c5-2-3(6)1-4(7)8;/h3,5-6H,1-2H2,(H,7,8);/q;+1/p-1/t3-;/m0./s1. The summed E-state index contributed by atoms with van der Waals surface area (Å²) < 4.78 is 0. The van der Waals surface area contributed by atoms with E-state index in [-0.39, 0.29) is 29.6 Å². The second-order valence-electron chi connectivity index (χ2n) is 1.41. The van der Waals surface area contributed by atoms with Gasteiger partial charge in [0.05, 0.1) is 12.7 Å². The van der Waals surface area contributed by atoms with Crippen molar-refractivity contribution in [2.75, 3.05) is 6.61 Å². The molecule has 0 rings (SSSR count). The van der Waals surface area contributed by atoms with Crippen LogP contribution < -0.4 is 34.7 Å². The van der Waals surface area contributed by atoms with Crippen LogP contribution in [0.15, 0.2) is 0 Å². The van der Waals surface area contributed by atoms with E-state index in [1.165, 1.54) is 0 Å². The third-order valence-corrected chi connectivity index (χ3v) is 0.613. The first-order valence-electron chi connectivity index (χ1n) is 2.15. The van der Waals surface area contributed by atoms with Crippen molar-refractivity contribution in [3.05, 3.63) is 0 Å². The van der Waals surface area contributed by atoms with Gasteiger partial charge in [-0.15, -0.1) is 0 Å². The zero-order valence-corrected chi connectivity index (χ0v) is 7.20.